The minimum absolute atomic E-state index is 0.299. The number of benzene rings is 2. The van der Waals surface area contributed by atoms with Gasteiger partial charge in [-0.2, -0.15) is 5.26 Å². The van der Waals surface area contributed by atoms with Gasteiger partial charge in [0, 0.05) is 24.5 Å². The van der Waals surface area contributed by atoms with Crippen LogP contribution in [0.3, 0.4) is 0 Å². The van der Waals surface area contributed by atoms with Crippen molar-refractivity contribution in [1.82, 2.24) is 0 Å². The molecule has 28 heavy (non-hydrogen) atoms. The van der Waals surface area contributed by atoms with Crippen LogP contribution in [0.1, 0.15) is 49.4 Å². The molecule has 2 aromatic carbocycles. The van der Waals surface area contributed by atoms with Crippen LogP contribution in [0.4, 0.5) is 11.4 Å². The van der Waals surface area contributed by atoms with E-state index in [-0.39, 0.29) is 5.97 Å². The number of rotatable bonds is 7. The molecule has 146 valence electrons. The normalized spacial score (nSPS) is 14.4. The number of nitrogens with one attached hydrogen (secondary N) is 1. The molecular weight excluding hydrogens is 350 g/mol. The summed E-state index contributed by atoms with van der Waals surface area (Å²) >= 11 is 0. The number of anilines is 2. The SMILES string of the molecule is CCOC(=O)C(Nc1ccc(C#N)cc1)c1cc(CC)cc(N2CCCC2)c1. The van der Waals surface area contributed by atoms with Gasteiger partial charge in [0.15, 0.2) is 6.04 Å². The van der Waals surface area contributed by atoms with E-state index in [4.69, 9.17) is 10.00 Å². The molecule has 1 heterocycles. The zero-order chi connectivity index (χ0) is 19.9. The molecule has 0 aliphatic carbocycles. The standard InChI is InChI=1S/C23H27N3O2/c1-3-17-13-19(15-21(14-17)26-11-5-6-12-26)22(23(27)28-4-2)25-20-9-7-18(16-24)8-10-20/h7-10,13-15,22,25H,3-6,11-12H2,1-2H3. The Hall–Kier alpha value is -3.00. The minimum Gasteiger partial charge on any atom is -0.464 e. The van der Waals surface area contributed by atoms with Gasteiger partial charge in [0.2, 0.25) is 0 Å². The molecule has 1 N–H and O–H groups in total. The maximum atomic E-state index is 12.8. The van der Waals surface area contributed by atoms with Crippen molar-refractivity contribution in [2.24, 2.45) is 0 Å². The molecule has 1 saturated heterocycles. The first-order chi connectivity index (χ1) is 13.6. The number of hydrogen-bond acceptors (Lipinski definition) is 5. The highest BCUT2D eigenvalue weighted by molar-refractivity contribution is 5.82. The molecule has 2 aromatic rings. The third-order valence-corrected chi connectivity index (χ3v) is 5.06. The summed E-state index contributed by atoms with van der Waals surface area (Å²) in [7, 11) is 0. The number of esters is 1. The lowest BCUT2D eigenvalue weighted by atomic mass is 10.0. The van der Waals surface area contributed by atoms with Crippen LogP contribution in [0.2, 0.25) is 0 Å². The van der Waals surface area contributed by atoms with Crippen molar-refractivity contribution in [3.8, 4) is 6.07 Å². The van der Waals surface area contributed by atoms with Crippen LogP contribution in [0.25, 0.3) is 0 Å². The molecule has 1 fully saturated rings. The van der Waals surface area contributed by atoms with Gasteiger partial charge in [0.1, 0.15) is 0 Å². The Balaban J connectivity index is 1.95. The lowest BCUT2D eigenvalue weighted by Gasteiger charge is -2.24. The van der Waals surface area contributed by atoms with Crippen LogP contribution in [-0.2, 0) is 16.0 Å². The molecule has 1 atom stereocenters. The van der Waals surface area contributed by atoms with Crippen LogP contribution in [0.5, 0.6) is 0 Å². The molecule has 1 aliphatic heterocycles. The maximum Gasteiger partial charge on any atom is 0.333 e. The topological polar surface area (TPSA) is 65.4 Å². The van der Waals surface area contributed by atoms with E-state index in [2.05, 4.69) is 41.4 Å². The minimum atomic E-state index is -0.597. The summed E-state index contributed by atoms with van der Waals surface area (Å²) < 4.78 is 5.35. The lowest BCUT2D eigenvalue weighted by Crippen LogP contribution is -2.24. The highest BCUT2D eigenvalue weighted by Gasteiger charge is 2.24. The first kappa shape index (κ1) is 19.8. The zero-order valence-electron chi connectivity index (χ0n) is 16.6. The summed E-state index contributed by atoms with van der Waals surface area (Å²) in [6.07, 6.45) is 3.31. The van der Waals surface area contributed by atoms with Gasteiger partial charge in [-0.05, 0) is 73.7 Å². The van der Waals surface area contributed by atoms with E-state index in [9.17, 15) is 4.79 Å². The number of carbonyl (C=O) groups excluding carboxylic acids is 1. The van der Waals surface area contributed by atoms with Gasteiger partial charge in [-0.15, -0.1) is 0 Å². The van der Waals surface area contributed by atoms with Gasteiger partial charge < -0.3 is 15.0 Å². The Morgan fingerprint density at radius 2 is 1.89 bits per heavy atom. The van der Waals surface area contributed by atoms with Crippen molar-refractivity contribution < 1.29 is 9.53 Å². The fraction of sp³-hybridized carbons (Fsp3) is 0.391. The molecule has 1 aliphatic rings. The van der Waals surface area contributed by atoms with Crippen molar-refractivity contribution in [2.75, 3.05) is 29.9 Å². The summed E-state index contributed by atoms with van der Waals surface area (Å²) in [4.78, 5) is 15.1. The number of aryl methyl sites for hydroxylation is 1. The largest absolute Gasteiger partial charge is 0.464 e. The van der Waals surface area contributed by atoms with Crippen LogP contribution in [-0.4, -0.2) is 25.7 Å². The highest BCUT2D eigenvalue weighted by atomic mass is 16.5. The Labute approximate surface area is 166 Å². The van der Waals surface area contributed by atoms with Gasteiger partial charge in [-0.3, -0.25) is 0 Å². The zero-order valence-corrected chi connectivity index (χ0v) is 16.6. The number of nitriles is 1. The molecule has 0 aromatic heterocycles. The predicted octanol–water partition coefficient (Wildman–Crippen LogP) is 4.44. The van der Waals surface area contributed by atoms with Crippen molar-refractivity contribution in [3.05, 3.63) is 59.2 Å². The van der Waals surface area contributed by atoms with Crippen molar-refractivity contribution in [1.29, 1.82) is 5.26 Å². The first-order valence-corrected chi connectivity index (χ1v) is 9.96. The molecule has 0 saturated carbocycles. The lowest BCUT2D eigenvalue weighted by molar-refractivity contribution is -0.144. The Kier molecular flexibility index (Phi) is 6.54. The second-order valence-electron chi connectivity index (χ2n) is 7.00. The summed E-state index contributed by atoms with van der Waals surface area (Å²) in [6.45, 7) is 6.38. The highest BCUT2D eigenvalue weighted by Crippen LogP contribution is 2.29. The van der Waals surface area contributed by atoms with Crippen molar-refractivity contribution in [3.63, 3.8) is 0 Å². The van der Waals surface area contributed by atoms with E-state index in [1.54, 1.807) is 12.1 Å². The first-order valence-electron chi connectivity index (χ1n) is 9.96. The number of carbonyl (C=O) groups is 1. The summed E-state index contributed by atoms with van der Waals surface area (Å²) in [6, 6.07) is 15.0. The average Bonchev–Trinajstić information content (AvgIpc) is 3.27. The molecule has 5 nitrogen and oxygen atoms in total. The molecule has 0 radical (unpaired) electrons. The van der Waals surface area contributed by atoms with E-state index >= 15 is 0 Å². The quantitative estimate of drug-likeness (QED) is 0.723. The molecular formula is C23H27N3O2. The fourth-order valence-corrected chi connectivity index (χ4v) is 3.54. The van der Waals surface area contributed by atoms with Gasteiger partial charge >= 0.3 is 5.97 Å². The monoisotopic (exact) mass is 377 g/mol. The van der Waals surface area contributed by atoms with Crippen molar-refractivity contribution >= 4 is 17.3 Å². The Morgan fingerprint density at radius 1 is 1.18 bits per heavy atom. The average molecular weight is 377 g/mol. The van der Waals surface area contributed by atoms with Gasteiger partial charge in [-0.1, -0.05) is 13.0 Å². The fourth-order valence-electron chi connectivity index (χ4n) is 3.54. The number of hydrogen-bond donors (Lipinski definition) is 1. The van der Waals surface area contributed by atoms with Gasteiger partial charge in [0.05, 0.1) is 18.2 Å². The molecule has 0 bridgehead atoms. The van der Waals surface area contributed by atoms with Crippen LogP contribution >= 0.6 is 0 Å². The predicted molar refractivity (Wildman–Crippen MR) is 111 cm³/mol. The second kappa shape index (κ2) is 9.27. The molecule has 5 heteroatoms. The van der Waals surface area contributed by atoms with Crippen LogP contribution in [0, 0.1) is 11.3 Å². The van der Waals surface area contributed by atoms with Crippen LogP contribution in [0.15, 0.2) is 42.5 Å². The third kappa shape index (κ3) is 4.64. The van der Waals surface area contributed by atoms with E-state index in [1.165, 1.54) is 24.1 Å². The molecule has 0 spiro atoms. The van der Waals surface area contributed by atoms with Gasteiger partial charge in [-0.25, -0.2) is 4.79 Å². The Bertz CT molecular complexity index is 849. The van der Waals surface area contributed by atoms with E-state index in [1.807, 2.05) is 19.1 Å². The molecule has 0 amide bonds. The van der Waals surface area contributed by atoms with Gasteiger partial charge in [0.25, 0.3) is 0 Å². The third-order valence-electron chi connectivity index (χ3n) is 5.06. The number of nitrogens with zero attached hydrogens (tertiary/aromatic N) is 2. The van der Waals surface area contributed by atoms with Crippen molar-refractivity contribution in [2.45, 2.75) is 39.2 Å². The maximum absolute atomic E-state index is 12.8. The van der Waals surface area contributed by atoms with E-state index < -0.39 is 6.04 Å². The molecule has 3 rings (SSSR count). The smallest absolute Gasteiger partial charge is 0.333 e. The second-order valence-corrected chi connectivity index (χ2v) is 7.00. The Morgan fingerprint density at radius 3 is 2.50 bits per heavy atom. The summed E-state index contributed by atoms with van der Waals surface area (Å²) in [5, 5.41) is 12.3. The summed E-state index contributed by atoms with van der Waals surface area (Å²) in [5.74, 6) is -0.299. The number of ether oxygens (including phenoxy) is 1. The summed E-state index contributed by atoms with van der Waals surface area (Å²) in [5.41, 5.74) is 4.64. The van der Waals surface area contributed by atoms with E-state index in [0.29, 0.717) is 12.2 Å². The van der Waals surface area contributed by atoms with E-state index in [0.717, 1.165) is 30.8 Å². The van der Waals surface area contributed by atoms with Crippen LogP contribution < -0.4 is 10.2 Å². The molecule has 1 unspecified atom stereocenters.